The average Bonchev–Trinajstić information content (AvgIpc) is 2.76. The van der Waals surface area contributed by atoms with Gasteiger partial charge in [0.05, 0.1) is 0 Å². The number of hydrogen-bond acceptors (Lipinski definition) is 7. The average molecular weight is 506 g/mol. The highest BCUT2D eigenvalue weighted by Gasteiger charge is 2.29. The largest absolute Gasteiger partial charge is 0.444 e. The predicted octanol–water partition coefficient (Wildman–Crippen LogP) is 4.82. The van der Waals surface area contributed by atoms with E-state index in [1.165, 1.54) is 6.92 Å². The molecular weight excluding hydrogens is 474 g/mol. The van der Waals surface area contributed by atoms with Crippen LogP contribution in [-0.2, 0) is 23.8 Å². The molecule has 0 spiro atoms. The molecule has 2 aromatic rings. The summed E-state index contributed by atoms with van der Waals surface area (Å²) in [5.74, 6) is -1.89. The van der Waals surface area contributed by atoms with Gasteiger partial charge in [-0.3, -0.25) is 4.79 Å². The number of nitrogens with one attached hydrogen (secondary N) is 1. The van der Waals surface area contributed by atoms with Gasteiger partial charge in [0, 0.05) is 30.3 Å². The van der Waals surface area contributed by atoms with Crippen molar-refractivity contribution in [3.63, 3.8) is 0 Å². The summed E-state index contributed by atoms with van der Waals surface area (Å²) < 4.78 is 14.7. The fourth-order valence-corrected chi connectivity index (χ4v) is 3.52. The third-order valence-corrected chi connectivity index (χ3v) is 5.35. The Kier molecular flexibility index (Phi) is 10.1. The number of carbonyl (C=O) groups is 3. The molecule has 0 aliphatic carbocycles. The van der Waals surface area contributed by atoms with Crippen LogP contribution < -0.4 is 5.32 Å². The van der Waals surface area contributed by atoms with Crippen LogP contribution in [0.5, 0.6) is 0 Å². The number of amides is 1. The summed E-state index contributed by atoms with van der Waals surface area (Å²) in [4.78, 5) is 35.5. The van der Waals surface area contributed by atoms with Gasteiger partial charge in [0.1, 0.15) is 5.60 Å². The maximum absolute atomic E-state index is 12.5. The Morgan fingerprint density at radius 2 is 1.69 bits per heavy atom. The number of rotatable bonds is 9. The monoisotopic (exact) mass is 505 g/mol. The van der Waals surface area contributed by atoms with Gasteiger partial charge >= 0.3 is 18.0 Å². The summed E-state index contributed by atoms with van der Waals surface area (Å²) >= 11 is 6.10. The normalized spacial score (nSPS) is 13.8. The number of aliphatic hydroxyl groups excluding tert-OH is 1. The standard InChI is InChI=1S/C26H32ClNO7/c1-16(18-9-11-19(12-10-18)20-7-6-8-21(27)13-20)22(28-25(32)35-26(3,4)5)14-23(30)24(31)34-15-33-17(2)29/h6-13,16,22-23,30H,14-15H2,1-5H3,(H,28,32)/t16?,22-,23?/m0/s1. The predicted molar refractivity (Wildman–Crippen MR) is 132 cm³/mol. The van der Waals surface area contributed by atoms with E-state index in [-0.39, 0.29) is 12.3 Å². The van der Waals surface area contributed by atoms with E-state index in [0.717, 1.165) is 16.7 Å². The van der Waals surface area contributed by atoms with Crippen LogP contribution in [0.15, 0.2) is 48.5 Å². The van der Waals surface area contributed by atoms with Gasteiger partial charge < -0.3 is 24.6 Å². The van der Waals surface area contributed by atoms with Crippen LogP contribution in [0.2, 0.25) is 5.02 Å². The molecule has 0 saturated carbocycles. The molecule has 9 heteroatoms. The van der Waals surface area contributed by atoms with Crippen LogP contribution in [0.1, 0.15) is 52.5 Å². The van der Waals surface area contributed by atoms with Crippen LogP contribution in [0.4, 0.5) is 4.79 Å². The summed E-state index contributed by atoms with van der Waals surface area (Å²) in [6, 6.07) is 14.5. The highest BCUT2D eigenvalue weighted by atomic mass is 35.5. The number of halogens is 1. The van der Waals surface area contributed by atoms with Crippen molar-refractivity contribution in [2.75, 3.05) is 6.79 Å². The first-order valence-corrected chi connectivity index (χ1v) is 11.6. The first-order chi connectivity index (χ1) is 16.4. The number of benzene rings is 2. The Morgan fingerprint density at radius 3 is 2.26 bits per heavy atom. The first kappa shape index (κ1) is 28.1. The molecule has 0 aliphatic heterocycles. The lowest BCUT2D eigenvalue weighted by atomic mass is 9.88. The van der Waals surface area contributed by atoms with Crippen LogP contribution in [0.25, 0.3) is 11.1 Å². The molecule has 3 atom stereocenters. The molecule has 1 amide bonds. The minimum atomic E-state index is -1.56. The van der Waals surface area contributed by atoms with Gasteiger partial charge in [-0.15, -0.1) is 0 Å². The Hall–Kier alpha value is -3.10. The molecule has 2 unspecified atom stereocenters. The summed E-state index contributed by atoms with van der Waals surface area (Å²) in [5.41, 5.74) is 2.08. The minimum absolute atomic E-state index is 0.143. The van der Waals surface area contributed by atoms with Gasteiger partial charge in [-0.1, -0.05) is 54.9 Å². The van der Waals surface area contributed by atoms with E-state index in [2.05, 4.69) is 10.1 Å². The second-order valence-corrected chi connectivity index (χ2v) is 9.58. The van der Waals surface area contributed by atoms with Gasteiger partial charge in [0.25, 0.3) is 0 Å². The van der Waals surface area contributed by atoms with Gasteiger partial charge in [-0.05, 0) is 49.6 Å². The number of aliphatic hydroxyl groups is 1. The smallest absolute Gasteiger partial charge is 0.407 e. The topological polar surface area (TPSA) is 111 Å². The van der Waals surface area contributed by atoms with Crippen molar-refractivity contribution >= 4 is 29.6 Å². The molecule has 0 radical (unpaired) electrons. The van der Waals surface area contributed by atoms with Gasteiger partial charge in [-0.25, -0.2) is 9.59 Å². The first-order valence-electron chi connectivity index (χ1n) is 11.2. The quantitative estimate of drug-likeness (QED) is 0.371. The zero-order chi connectivity index (χ0) is 26.2. The maximum atomic E-state index is 12.5. The Morgan fingerprint density at radius 1 is 1.03 bits per heavy atom. The second-order valence-electron chi connectivity index (χ2n) is 9.14. The summed E-state index contributed by atoms with van der Waals surface area (Å²) in [7, 11) is 0. The third-order valence-electron chi connectivity index (χ3n) is 5.11. The molecule has 0 heterocycles. The number of esters is 2. The molecule has 35 heavy (non-hydrogen) atoms. The van der Waals surface area contributed by atoms with E-state index in [9.17, 15) is 19.5 Å². The molecule has 2 rings (SSSR count). The van der Waals surface area contributed by atoms with Crippen LogP contribution >= 0.6 is 11.6 Å². The van der Waals surface area contributed by atoms with E-state index in [0.29, 0.717) is 5.02 Å². The molecule has 2 aromatic carbocycles. The summed E-state index contributed by atoms with van der Waals surface area (Å²) in [6.45, 7) is 7.65. The molecule has 0 aliphatic rings. The second kappa shape index (κ2) is 12.6. The zero-order valence-electron chi connectivity index (χ0n) is 20.5. The van der Waals surface area contributed by atoms with Crippen molar-refractivity contribution in [2.45, 2.75) is 64.7 Å². The fourth-order valence-electron chi connectivity index (χ4n) is 3.33. The number of hydrogen-bond donors (Lipinski definition) is 2. The fraction of sp³-hybridized carbons (Fsp3) is 0.423. The van der Waals surface area contributed by atoms with E-state index in [1.807, 2.05) is 49.4 Å². The maximum Gasteiger partial charge on any atom is 0.407 e. The summed E-state index contributed by atoms with van der Waals surface area (Å²) in [6.07, 6.45) is -2.38. The number of carbonyl (C=O) groups excluding carboxylic acids is 3. The molecule has 0 aromatic heterocycles. The van der Waals surface area contributed by atoms with Crippen molar-refractivity contribution in [2.24, 2.45) is 0 Å². The van der Waals surface area contributed by atoms with Crippen LogP contribution in [0.3, 0.4) is 0 Å². The van der Waals surface area contributed by atoms with Gasteiger partial charge in [0.2, 0.25) is 6.79 Å². The lowest BCUT2D eigenvalue weighted by molar-refractivity contribution is -0.172. The third kappa shape index (κ3) is 9.58. The lowest BCUT2D eigenvalue weighted by Gasteiger charge is -2.29. The number of alkyl carbamates (subject to hydrolysis) is 1. The van der Waals surface area contributed by atoms with Gasteiger partial charge in [-0.2, -0.15) is 0 Å². The molecule has 0 bridgehead atoms. The van der Waals surface area contributed by atoms with Crippen LogP contribution in [0, 0.1) is 0 Å². The Balaban J connectivity index is 2.18. The summed E-state index contributed by atoms with van der Waals surface area (Å²) in [5, 5.41) is 13.8. The highest BCUT2D eigenvalue weighted by Crippen LogP contribution is 2.28. The molecule has 2 N–H and O–H groups in total. The lowest BCUT2D eigenvalue weighted by Crippen LogP contribution is -2.44. The van der Waals surface area contributed by atoms with Crippen molar-refractivity contribution in [1.29, 1.82) is 0 Å². The number of ether oxygens (including phenoxy) is 3. The highest BCUT2D eigenvalue weighted by molar-refractivity contribution is 6.30. The minimum Gasteiger partial charge on any atom is -0.444 e. The van der Waals surface area contributed by atoms with Crippen molar-refractivity contribution in [3.8, 4) is 11.1 Å². The molecule has 8 nitrogen and oxygen atoms in total. The SMILES string of the molecule is CC(=O)OCOC(=O)C(O)C[C@H](NC(=O)OC(C)(C)C)C(C)c1ccc(-c2cccc(Cl)c2)cc1. The Labute approximate surface area is 210 Å². The van der Waals surface area contributed by atoms with Crippen LogP contribution in [-0.4, -0.2) is 47.7 Å². The van der Waals surface area contributed by atoms with E-state index in [4.69, 9.17) is 21.1 Å². The van der Waals surface area contributed by atoms with Crippen molar-refractivity contribution < 1.29 is 33.7 Å². The van der Waals surface area contributed by atoms with E-state index >= 15 is 0 Å². The molecular formula is C26H32ClNO7. The van der Waals surface area contributed by atoms with Crippen molar-refractivity contribution in [3.05, 3.63) is 59.1 Å². The van der Waals surface area contributed by atoms with Crippen molar-refractivity contribution in [1.82, 2.24) is 5.32 Å². The molecule has 190 valence electrons. The molecule has 0 fully saturated rings. The van der Waals surface area contributed by atoms with E-state index < -0.39 is 42.6 Å². The van der Waals surface area contributed by atoms with Gasteiger partial charge in [0.15, 0.2) is 6.10 Å². The van der Waals surface area contributed by atoms with E-state index in [1.54, 1.807) is 26.8 Å². The molecule has 0 saturated heterocycles. The zero-order valence-corrected chi connectivity index (χ0v) is 21.3. The Bertz CT molecular complexity index is 1020.